The predicted molar refractivity (Wildman–Crippen MR) is 88.3 cm³/mol. The molecule has 1 N–H and O–H groups in total. The van der Waals surface area contributed by atoms with Gasteiger partial charge in [0.15, 0.2) is 0 Å². The fourth-order valence-corrected chi connectivity index (χ4v) is 3.12. The minimum absolute atomic E-state index is 0.0530. The third kappa shape index (κ3) is 5.66. The van der Waals surface area contributed by atoms with Gasteiger partial charge in [-0.25, -0.2) is 4.79 Å². The number of piperidine rings is 1. The zero-order valence-electron chi connectivity index (χ0n) is 14.4. The van der Waals surface area contributed by atoms with Crippen molar-refractivity contribution < 1.29 is 14.3 Å². The molecule has 2 fully saturated rings. The second-order valence-electron chi connectivity index (χ2n) is 6.43. The molecule has 2 rings (SSSR count). The van der Waals surface area contributed by atoms with Crippen molar-refractivity contribution in [3.05, 3.63) is 0 Å². The fourth-order valence-electron chi connectivity index (χ4n) is 3.12. The number of carbonyl (C=O) groups excluding carboxylic acids is 2. The Bertz CT molecular complexity index is 399. The molecule has 1 atom stereocenters. The fraction of sp³-hybridized carbons (Fsp3) is 0.875. The number of rotatable bonds is 5. The summed E-state index contributed by atoms with van der Waals surface area (Å²) in [4.78, 5) is 29.9. The Labute approximate surface area is 138 Å². The number of likely N-dealkylation sites (N-methyl/N-ethyl adjacent to an activating group) is 1. The number of ether oxygens (including phenoxy) is 1. The molecule has 0 unspecified atom stereocenters. The number of hydrogen-bond acceptors (Lipinski definition) is 4. The van der Waals surface area contributed by atoms with Crippen LogP contribution in [-0.4, -0.2) is 92.7 Å². The molecule has 3 amide bonds. The van der Waals surface area contributed by atoms with Crippen LogP contribution in [0.2, 0.25) is 0 Å². The highest BCUT2D eigenvalue weighted by atomic mass is 16.5. The molecule has 0 aromatic carbocycles. The lowest BCUT2D eigenvalue weighted by Gasteiger charge is -2.36. The second-order valence-corrected chi connectivity index (χ2v) is 6.43. The normalized spacial score (nSPS) is 22.7. The summed E-state index contributed by atoms with van der Waals surface area (Å²) < 4.78 is 5.38. The Kier molecular flexibility index (Phi) is 7.11. The van der Waals surface area contributed by atoms with E-state index in [0.29, 0.717) is 12.5 Å². The van der Waals surface area contributed by atoms with E-state index in [1.54, 1.807) is 11.9 Å². The SMILES string of the molecule is CCN(C)C(=O)CNC(=O)N1CCC[C@H](CN2CCOCC2)C1. The molecule has 0 aromatic heterocycles. The van der Waals surface area contributed by atoms with E-state index in [2.05, 4.69) is 10.2 Å². The quantitative estimate of drug-likeness (QED) is 0.785. The number of carbonyl (C=O) groups is 2. The third-order valence-corrected chi connectivity index (χ3v) is 4.72. The Morgan fingerprint density at radius 1 is 1.26 bits per heavy atom. The minimum Gasteiger partial charge on any atom is -0.379 e. The molecule has 0 saturated carbocycles. The van der Waals surface area contributed by atoms with Gasteiger partial charge < -0.3 is 19.9 Å². The summed E-state index contributed by atoms with van der Waals surface area (Å²) >= 11 is 0. The van der Waals surface area contributed by atoms with Crippen molar-refractivity contribution in [1.29, 1.82) is 0 Å². The molecule has 2 saturated heterocycles. The Hall–Kier alpha value is -1.34. The van der Waals surface area contributed by atoms with Gasteiger partial charge in [-0.05, 0) is 25.7 Å². The number of nitrogens with zero attached hydrogens (tertiary/aromatic N) is 3. The highest BCUT2D eigenvalue weighted by Gasteiger charge is 2.26. The summed E-state index contributed by atoms with van der Waals surface area (Å²) in [6.07, 6.45) is 2.20. The Morgan fingerprint density at radius 2 is 2.00 bits per heavy atom. The smallest absolute Gasteiger partial charge is 0.317 e. The van der Waals surface area contributed by atoms with Crippen molar-refractivity contribution in [2.45, 2.75) is 19.8 Å². The van der Waals surface area contributed by atoms with Gasteiger partial charge in [-0.2, -0.15) is 0 Å². The molecule has 2 aliphatic rings. The average molecular weight is 326 g/mol. The van der Waals surface area contributed by atoms with Crippen molar-refractivity contribution >= 4 is 11.9 Å². The van der Waals surface area contributed by atoms with Crippen molar-refractivity contribution in [1.82, 2.24) is 20.0 Å². The zero-order chi connectivity index (χ0) is 16.7. The van der Waals surface area contributed by atoms with Crippen LogP contribution in [0.15, 0.2) is 0 Å². The molecule has 0 bridgehead atoms. The van der Waals surface area contributed by atoms with Crippen molar-refractivity contribution in [3.63, 3.8) is 0 Å². The highest BCUT2D eigenvalue weighted by molar-refractivity contribution is 5.83. The maximum absolute atomic E-state index is 12.3. The first-order chi connectivity index (χ1) is 11.1. The lowest BCUT2D eigenvalue weighted by atomic mass is 9.97. The molecule has 2 aliphatic heterocycles. The number of hydrogen-bond donors (Lipinski definition) is 1. The van der Waals surface area contributed by atoms with E-state index in [0.717, 1.165) is 52.4 Å². The van der Waals surface area contributed by atoms with Crippen LogP contribution in [0.1, 0.15) is 19.8 Å². The van der Waals surface area contributed by atoms with Crippen LogP contribution in [0.3, 0.4) is 0 Å². The number of morpholine rings is 1. The van der Waals surface area contributed by atoms with E-state index >= 15 is 0 Å². The Balaban J connectivity index is 1.73. The average Bonchev–Trinajstić information content (AvgIpc) is 2.59. The van der Waals surface area contributed by atoms with E-state index in [4.69, 9.17) is 4.74 Å². The van der Waals surface area contributed by atoms with E-state index in [1.807, 2.05) is 11.8 Å². The number of amides is 3. The monoisotopic (exact) mass is 326 g/mol. The van der Waals surface area contributed by atoms with E-state index in [9.17, 15) is 9.59 Å². The van der Waals surface area contributed by atoms with Gasteiger partial charge in [0.1, 0.15) is 0 Å². The first kappa shape index (κ1) is 18.0. The van der Waals surface area contributed by atoms with Gasteiger partial charge in [-0.15, -0.1) is 0 Å². The molecule has 23 heavy (non-hydrogen) atoms. The van der Waals surface area contributed by atoms with Gasteiger partial charge in [-0.3, -0.25) is 9.69 Å². The largest absolute Gasteiger partial charge is 0.379 e. The van der Waals surface area contributed by atoms with Gasteiger partial charge in [-0.1, -0.05) is 0 Å². The summed E-state index contributed by atoms with van der Waals surface area (Å²) in [5.41, 5.74) is 0. The lowest BCUT2D eigenvalue weighted by Crippen LogP contribution is -2.50. The minimum atomic E-state index is -0.116. The standard InChI is InChI=1S/C16H30N4O3/c1-3-18(2)15(21)11-17-16(22)20-6-4-5-14(13-20)12-19-7-9-23-10-8-19/h14H,3-13H2,1-2H3,(H,17,22)/t14-/m1/s1. The number of likely N-dealkylation sites (tertiary alicyclic amines) is 1. The van der Waals surface area contributed by atoms with Crippen molar-refractivity contribution in [3.8, 4) is 0 Å². The first-order valence-electron chi connectivity index (χ1n) is 8.67. The summed E-state index contributed by atoms with van der Waals surface area (Å²) in [5.74, 6) is 0.462. The maximum Gasteiger partial charge on any atom is 0.317 e. The summed E-state index contributed by atoms with van der Waals surface area (Å²) in [6, 6.07) is -0.116. The van der Waals surface area contributed by atoms with E-state index < -0.39 is 0 Å². The molecule has 0 aromatic rings. The molecule has 7 heteroatoms. The molecule has 0 radical (unpaired) electrons. The van der Waals surface area contributed by atoms with Crippen LogP contribution in [0.4, 0.5) is 4.79 Å². The van der Waals surface area contributed by atoms with Gasteiger partial charge in [0.05, 0.1) is 19.8 Å². The van der Waals surface area contributed by atoms with Crippen LogP contribution in [0.25, 0.3) is 0 Å². The first-order valence-corrected chi connectivity index (χ1v) is 8.67. The highest BCUT2D eigenvalue weighted by Crippen LogP contribution is 2.18. The van der Waals surface area contributed by atoms with Crippen LogP contribution >= 0.6 is 0 Å². The molecule has 2 heterocycles. The number of nitrogens with one attached hydrogen (secondary N) is 1. The van der Waals surface area contributed by atoms with E-state index in [-0.39, 0.29) is 18.5 Å². The summed E-state index contributed by atoms with van der Waals surface area (Å²) in [7, 11) is 1.74. The predicted octanol–water partition coefficient (Wildman–Crippen LogP) is 0.219. The van der Waals surface area contributed by atoms with Gasteiger partial charge in [0, 0.05) is 46.3 Å². The second kappa shape index (κ2) is 9.08. The molecular formula is C16H30N4O3. The van der Waals surface area contributed by atoms with Gasteiger partial charge in [0.25, 0.3) is 0 Å². The topological polar surface area (TPSA) is 65.1 Å². The maximum atomic E-state index is 12.3. The molecule has 0 aliphatic carbocycles. The zero-order valence-corrected chi connectivity index (χ0v) is 14.4. The van der Waals surface area contributed by atoms with Crippen LogP contribution in [0.5, 0.6) is 0 Å². The summed E-state index contributed by atoms with van der Waals surface area (Å²) in [5, 5.41) is 2.75. The molecule has 0 spiro atoms. The Morgan fingerprint density at radius 3 is 2.70 bits per heavy atom. The number of urea groups is 1. The van der Waals surface area contributed by atoms with Gasteiger partial charge in [0.2, 0.25) is 5.91 Å². The van der Waals surface area contributed by atoms with E-state index in [1.165, 1.54) is 6.42 Å². The van der Waals surface area contributed by atoms with Crippen LogP contribution in [0, 0.1) is 5.92 Å². The lowest BCUT2D eigenvalue weighted by molar-refractivity contribution is -0.128. The van der Waals surface area contributed by atoms with Crippen LogP contribution < -0.4 is 5.32 Å². The molecular weight excluding hydrogens is 296 g/mol. The summed E-state index contributed by atoms with van der Waals surface area (Å²) in [6.45, 7) is 8.83. The van der Waals surface area contributed by atoms with Crippen molar-refractivity contribution in [2.75, 3.05) is 66.1 Å². The molecule has 132 valence electrons. The van der Waals surface area contributed by atoms with Gasteiger partial charge >= 0.3 is 6.03 Å². The third-order valence-electron chi connectivity index (χ3n) is 4.72. The molecule has 7 nitrogen and oxygen atoms in total. The van der Waals surface area contributed by atoms with Crippen LogP contribution in [-0.2, 0) is 9.53 Å². The van der Waals surface area contributed by atoms with Crippen molar-refractivity contribution in [2.24, 2.45) is 5.92 Å².